The Hall–Kier alpha value is -1.83. The lowest BCUT2D eigenvalue weighted by atomic mass is 9.73. The molecule has 1 aliphatic heterocycles. The Balaban J connectivity index is 1.37. The zero-order valence-corrected chi connectivity index (χ0v) is 16.8. The molecule has 2 aliphatic carbocycles. The zero-order chi connectivity index (χ0) is 19.6. The van der Waals surface area contributed by atoms with Gasteiger partial charge in [-0.25, -0.2) is 4.79 Å². The molecule has 0 amide bonds. The van der Waals surface area contributed by atoms with E-state index in [9.17, 15) is 9.90 Å². The van der Waals surface area contributed by atoms with Crippen molar-refractivity contribution in [2.24, 2.45) is 17.8 Å². The number of rotatable bonds is 5. The van der Waals surface area contributed by atoms with E-state index in [0.29, 0.717) is 11.6 Å². The number of benzene rings is 1. The molecule has 4 heteroatoms. The highest BCUT2D eigenvalue weighted by atomic mass is 16.5. The molecule has 0 spiro atoms. The lowest BCUT2D eigenvalue weighted by molar-refractivity contribution is -0.174. The molecule has 4 rings (SSSR count). The Morgan fingerprint density at radius 1 is 1.21 bits per heavy atom. The molecule has 1 N–H and O–H groups in total. The van der Waals surface area contributed by atoms with Crippen LogP contribution in [0.25, 0.3) is 0 Å². The van der Waals surface area contributed by atoms with Gasteiger partial charge in [0, 0.05) is 18.5 Å². The summed E-state index contributed by atoms with van der Waals surface area (Å²) < 4.78 is 5.46. The van der Waals surface area contributed by atoms with Crippen molar-refractivity contribution in [3.05, 3.63) is 35.9 Å². The fraction of sp³-hybridized carbons (Fsp3) is 0.625. The number of aliphatic hydroxyl groups is 1. The standard InChI is InChI=1S/C24H31NO3/c1-18-22-16-19(22)17-25(18)14-8-9-15-28-23(26)24(27,20-10-4-2-5-11-20)21-12-6-3-7-13-21/h2,4-5,10-11,18-19,21-22,27H,3,6-7,12-17H2,1H3/t18?,19-,22+,24?/m0/s1. The molecular weight excluding hydrogens is 350 g/mol. The molecule has 28 heavy (non-hydrogen) atoms. The first-order chi connectivity index (χ1) is 13.6. The van der Waals surface area contributed by atoms with Crippen LogP contribution in [0.4, 0.5) is 0 Å². The van der Waals surface area contributed by atoms with Gasteiger partial charge in [-0.1, -0.05) is 61.4 Å². The summed E-state index contributed by atoms with van der Waals surface area (Å²) in [6, 6.07) is 9.88. The van der Waals surface area contributed by atoms with Crippen LogP contribution in [0.2, 0.25) is 0 Å². The van der Waals surface area contributed by atoms with E-state index in [0.717, 1.165) is 50.6 Å². The Kier molecular flexibility index (Phi) is 5.75. The number of hydrogen-bond acceptors (Lipinski definition) is 4. The maximum Gasteiger partial charge on any atom is 0.344 e. The van der Waals surface area contributed by atoms with Gasteiger partial charge in [0.05, 0.1) is 6.54 Å². The summed E-state index contributed by atoms with van der Waals surface area (Å²) in [5, 5.41) is 11.4. The molecule has 2 saturated carbocycles. The fourth-order valence-electron chi connectivity index (χ4n) is 5.17. The third-order valence-electron chi connectivity index (χ3n) is 7.05. The molecule has 0 bridgehead atoms. The summed E-state index contributed by atoms with van der Waals surface area (Å²) in [5.41, 5.74) is -0.946. The van der Waals surface area contributed by atoms with E-state index >= 15 is 0 Å². The lowest BCUT2D eigenvalue weighted by Crippen LogP contribution is -2.45. The number of likely N-dealkylation sites (tertiary alicyclic amines) is 1. The highest BCUT2D eigenvalue weighted by Gasteiger charge is 2.50. The first-order valence-corrected chi connectivity index (χ1v) is 10.8. The maximum atomic E-state index is 12.9. The number of carbonyl (C=O) groups is 1. The van der Waals surface area contributed by atoms with Crippen molar-refractivity contribution in [2.45, 2.75) is 57.1 Å². The Labute approximate surface area is 168 Å². The van der Waals surface area contributed by atoms with Crippen LogP contribution in [-0.4, -0.2) is 41.7 Å². The number of nitrogens with zero attached hydrogens (tertiary/aromatic N) is 1. The minimum absolute atomic E-state index is 0.0375. The topological polar surface area (TPSA) is 49.8 Å². The van der Waals surface area contributed by atoms with Gasteiger partial charge in [-0.2, -0.15) is 0 Å². The summed E-state index contributed by atoms with van der Waals surface area (Å²) in [5.74, 6) is 7.21. The van der Waals surface area contributed by atoms with Gasteiger partial charge in [-0.05, 0) is 43.6 Å². The van der Waals surface area contributed by atoms with Gasteiger partial charge in [0.2, 0.25) is 0 Å². The fourth-order valence-corrected chi connectivity index (χ4v) is 5.17. The molecular formula is C24H31NO3. The van der Waals surface area contributed by atoms with E-state index in [1.54, 1.807) is 0 Å². The Morgan fingerprint density at radius 2 is 1.96 bits per heavy atom. The predicted octanol–water partition coefficient (Wildman–Crippen LogP) is 3.34. The molecule has 4 atom stereocenters. The van der Waals surface area contributed by atoms with Crippen LogP contribution in [0, 0.1) is 29.6 Å². The van der Waals surface area contributed by atoms with Gasteiger partial charge in [-0.15, -0.1) is 0 Å². The molecule has 3 fully saturated rings. The van der Waals surface area contributed by atoms with Crippen LogP contribution < -0.4 is 0 Å². The van der Waals surface area contributed by atoms with Crippen molar-refractivity contribution in [2.75, 3.05) is 19.7 Å². The molecule has 1 saturated heterocycles. The molecule has 0 radical (unpaired) electrons. The van der Waals surface area contributed by atoms with E-state index < -0.39 is 11.6 Å². The van der Waals surface area contributed by atoms with Gasteiger partial charge in [-0.3, -0.25) is 4.90 Å². The number of ether oxygens (including phenoxy) is 1. The molecule has 3 aliphatic rings. The molecule has 150 valence electrons. The van der Waals surface area contributed by atoms with Crippen LogP contribution in [0.1, 0.15) is 51.0 Å². The molecule has 2 unspecified atom stereocenters. The highest BCUT2D eigenvalue weighted by Crippen LogP contribution is 2.49. The Bertz CT molecular complexity index is 746. The average molecular weight is 382 g/mol. The quantitative estimate of drug-likeness (QED) is 0.628. The number of esters is 1. The summed E-state index contributed by atoms with van der Waals surface area (Å²) in [4.78, 5) is 15.3. The van der Waals surface area contributed by atoms with Crippen molar-refractivity contribution in [1.29, 1.82) is 0 Å². The summed E-state index contributed by atoms with van der Waals surface area (Å²) in [6.07, 6.45) is 6.33. The summed E-state index contributed by atoms with van der Waals surface area (Å²) in [7, 11) is 0. The van der Waals surface area contributed by atoms with Crippen molar-refractivity contribution < 1.29 is 14.6 Å². The van der Waals surface area contributed by atoms with Gasteiger partial charge in [0.15, 0.2) is 12.2 Å². The average Bonchev–Trinajstić information content (AvgIpc) is 3.45. The third kappa shape index (κ3) is 3.83. The first kappa shape index (κ1) is 19.5. The molecule has 1 heterocycles. The van der Waals surface area contributed by atoms with E-state index in [2.05, 4.69) is 23.7 Å². The van der Waals surface area contributed by atoms with E-state index in [1.165, 1.54) is 12.8 Å². The molecule has 0 aromatic heterocycles. The van der Waals surface area contributed by atoms with Gasteiger partial charge in [0.1, 0.15) is 0 Å². The number of carbonyl (C=O) groups excluding carboxylic acids is 1. The monoisotopic (exact) mass is 381 g/mol. The Morgan fingerprint density at radius 3 is 2.64 bits per heavy atom. The van der Waals surface area contributed by atoms with Gasteiger partial charge >= 0.3 is 5.97 Å². The zero-order valence-electron chi connectivity index (χ0n) is 16.8. The second-order valence-corrected chi connectivity index (χ2v) is 8.73. The van der Waals surface area contributed by atoms with E-state index in [-0.39, 0.29) is 12.5 Å². The highest BCUT2D eigenvalue weighted by molar-refractivity contribution is 5.81. The van der Waals surface area contributed by atoms with Crippen LogP contribution in [0.3, 0.4) is 0 Å². The number of fused-ring (bicyclic) bond motifs is 1. The van der Waals surface area contributed by atoms with E-state index in [1.807, 2.05) is 30.3 Å². The van der Waals surface area contributed by atoms with Gasteiger partial charge in [0.25, 0.3) is 0 Å². The van der Waals surface area contributed by atoms with Crippen molar-refractivity contribution >= 4 is 5.97 Å². The molecule has 1 aromatic rings. The van der Waals surface area contributed by atoms with Crippen LogP contribution in [0.5, 0.6) is 0 Å². The third-order valence-corrected chi connectivity index (χ3v) is 7.05. The number of piperidine rings is 1. The van der Waals surface area contributed by atoms with Crippen molar-refractivity contribution in [1.82, 2.24) is 4.90 Å². The predicted molar refractivity (Wildman–Crippen MR) is 108 cm³/mol. The second-order valence-electron chi connectivity index (χ2n) is 8.73. The smallest absolute Gasteiger partial charge is 0.344 e. The second kappa shape index (κ2) is 8.27. The van der Waals surface area contributed by atoms with Crippen molar-refractivity contribution in [3.8, 4) is 11.8 Å². The minimum atomic E-state index is -1.58. The van der Waals surface area contributed by atoms with Crippen LogP contribution in [0.15, 0.2) is 30.3 Å². The van der Waals surface area contributed by atoms with Crippen LogP contribution >= 0.6 is 0 Å². The summed E-state index contributed by atoms with van der Waals surface area (Å²) in [6.45, 7) is 4.20. The van der Waals surface area contributed by atoms with E-state index in [4.69, 9.17) is 4.74 Å². The normalized spacial score (nSPS) is 29.3. The van der Waals surface area contributed by atoms with Gasteiger partial charge < -0.3 is 9.84 Å². The SMILES string of the molecule is CC1[C@H]2C[C@H]2CN1CC#CCOC(=O)C(O)(c1ccccc1)C1CCCCC1. The van der Waals surface area contributed by atoms with Crippen molar-refractivity contribution in [3.63, 3.8) is 0 Å². The van der Waals surface area contributed by atoms with Crippen LogP contribution in [-0.2, 0) is 15.1 Å². The lowest BCUT2D eigenvalue weighted by Gasteiger charge is -2.36. The maximum absolute atomic E-state index is 12.9. The summed E-state index contributed by atoms with van der Waals surface area (Å²) >= 11 is 0. The largest absolute Gasteiger partial charge is 0.450 e. The first-order valence-electron chi connectivity index (χ1n) is 10.8. The minimum Gasteiger partial charge on any atom is -0.450 e. The molecule has 4 nitrogen and oxygen atoms in total. The number of hydrogen-bond donors (Lipinski definition) is 1. The molecule has 1 aromatic carbocycles.